The first-order valence-electron chi connectivity index (χ1n) is 23.0. The van der Waals surface area contributed by atoms with Gasteiger partial charge in [-0.3, -0.25) is 33.8 Å². The molecule has 2 atom stereocenters. The van der Waals surface area contributed by atoms with Crippen LogP contribution >= 0.6 is 11.3 Å². The zero-order valence-corrected chi connectivity index (χ0v) is 40.1. The number of thiazole rings is 1. The number of nitrogens with zero attached hydrogens (tertiary/aromatic N) is 5. The summed E-state index contributed by atoms with van der Waals surface area (Å²) in [5.41, 5.74) is 6.06. The molecule has 4 N–H and O–H groups in total. The number of aromatic nitrogens is 1. The van der Waals surface area contributed by atoms with Gasteiger partial charge in [-0.05, 0) is 85.1 Å². The number of halogens is 1. The second-order valence-electron chi connectivity index (χ2n) is 16.9. The molecule has 4 aromatic carbocycles. The number of anilines is 3. The summed E-state index contributed by atoms with van der Waals surface area (Å²) in [6.45, 7) is 6.40. The third kappa shape index (κ3) is 12.4. The van der Waals surface area contributed by atoms with E-state index in [0.29, 0.717) is 69.6 Å². The Hall–Kier alpha value is -7.06. The first-order valence-corrected chi connectivity index (χ1v) is 23.9. The number of hydrogen-bond acceptors (Lipinski definition) is 14. The number of aryl methyl sites for hydroxylation is 1. The standard InChI is InChI=1S/C51H57FN8O9S/c1-33-29-35(7-8-36(33)31-57(3)47(41-30-37(52)11-15-43(41)62)48(65)56-51-55-19-28-70-51)34-9-12-38(13-10-34)58-20-22-59(23-21-58)45(64)17-24-68-26-27-69-25-18-54-42-6-4-5-40-46(42)50(67)60(49(40)66)39(32-61)14-16-44(63)53-2/h4-13,15,19,28-30,32,39,47,54,62H,14,16-18,20-27,31H2,1-3H3,(H,53,63)(H,55,56,65). The zero-order valence-electron chi connectivity index (χ0n) is 39.3. The number of phenols is 1. The minimum Gasteiger partial charge on any atom is -0.508 e. The van der Waals surface area contributed by atoms with Crippen molar-refractivity contribution in [2.45, 2.75) is 44.8 Å². The lowest BCUT2D eigenvalue weighted by atomic mass is 9.98. The molecule has 0 radical (unpaired) electrons. The van der Waals surface area contributed by atoms with E-state index >= 15 is 0 Å². The van der Waals surface area contributed by atoms with Gasteiger partial charge in [-0.2, -0.15) is 0 Å². The summed E-state index contributed by atoms with van der Waals surface area (Å²) in [5.74, 6) is -2.62. The molecular formula is C51H57FN8O9S. The van der Waals surface area contributed by atoms with Gasteiger partial charge in [0.2, 0.25) is 17.7 Å². The Kier molecular flexibility index (Phi) is 17.4. The number of amides is 5. The number of aromatic hydroxyl groups is 1. The van der Waals surface area contributed by atoms with E-state index in [1.165, 1.54) is 36.6 Å². The van der Waals surface area contributed by atoms with Gasteiger partial charge in [0, 0.05) is 81.3 Å². The molecule has 2 aliphatic heterocycles. The number of imide groups is 1. The molecule has 1 aromatic heterocycles. The zero-order chi connectivity index (χ0) is 49.7. The molecular weight excluding hydrogens is 920 g/mol. The smallest absolute Gasteiger partial charge is 0.264 e. The van der Waals surface area contributed by atoms with E-state index in [0.717, 1.165) is 38.9 Å². The van der Waals surface area contributed by atoms with E-state index in [1.807, 2.05) is 24.0 Å². The molecule has 0 spiro atoms. The molecule has 17 nitrogen and oxygen atoms in total. The Balaban J connectivity index is 0.803. The summed E-state index contributed by atoms with van der Waals surface area (Å²) in [7, 11) is 3.23. The van der Waals surface area contributed by atoms with E-state index in [9.17, 15) is 38.3 Å². The van der Waals surface area contributed by atoms with Gasteiger partial charge in [-0.25, -0.2) is 9.37 Å². The van der Waals surface area contributed by atoms with Crippen molar-refractivity contribution in [3.05, 3.63) is 124 Å². The van der Waals surface area contributed by atoms with Crippen LogP contribution < -0.4 is 20.9 Å². The molecule has 5 aromatic rings. The maximum Gasteiger partial charge on any atom is 0.264 e. The fourth-order valence-electron chi connectivity index (χ4n) is 8.59. The fourth-order valence-corrected chi connectivity index (χ4v) is 9.12. The second-order valence-corrected chi connectivity index (χ2v) is 17.8. The Morgan fingerprint density at radius 3 is 2.36 bits per heavy atom. The predicted octanol–water partition coefficient (Wildman–Crippen LogP) is 5.65. The molecule has 2 aliphatic rings. The van der Waals surface area contributed by atoms with E-state index in [-0.39, 0.29) is 66.7 Å². The van der Waals surface area contributed by atoms with Crippen LogP contribution in [0.1, 0.15) is 62.7 Å². The first kappa shape index (κ1) is 50.8. The third-order valence-corrected chi connectivity index (χ3v) is 13.1. The van der Waals surface area contributed by atoms with Crippen molar-refractivity contribution in [2.24, 2.45) is 0 Å². The van der Waals surface area contributed by atoms with Crippen molar-refractivity contribution < 1.29 is 47.7 Å². The molecule has 368 valence electrons. The maximum atomic E-state index is 14.4. The van der Waals surface area contributed by atoms with Crippen LogP contribution in [0.25, 0.3) is 11.1 Å². The molecule has 3 heterocycles. The van der Waals surface area contributed by atoms with Crippen LogP contribution in [-0.2, 0) is 35.2 Å². The van der Waals surface area contributed by atoms with Crippen molar-refractivity contribution in [1.29, 1.82) is 0 Å². The molecule has 1 saturated heterocycles. The van der Waals surface area contributed by atoms with E-state index in [1.54, 1.807) is 35.7 Å². The molecule has 1 fully saturated rings. The van der Waals surface area contributed by atoms with Crippen molar-refractivity contribution in [3.8, 4) is 16.9 Å². The number of rotatable bonds is 23. The van der Waals surface area contributed by atoms with Gasteiger partial charge in [0.25, 0.3) is 11.8 Å². The number of benzene rings is 4. The topological polar surface area (TPSA) is 203 Å². The van der Waals surface area contributed by atoms with Gasteiger partial charge in [-0.1, -0.05) is 36.4 Å². The third-order valence-electron chi connectivity index (χ3n) is 12.4. The van der Waals surface area contributed by atoms with E-state index in [4.69, 9.17) is 9.47 Å². The SMILES string of the molecule is CNC(=O)CCC(C=O)N1C(=O)c2cccc(NCCOCCOCCC(=O)N3CCN(c4ccc(-c5ccc(CN(C)C(C(=O)Nc6nccs6)c6cc(F)ccc6O)c(C)c5)cc4)CC3)c2C1=O. The highest BCUT2D eigenvalue weighted by molar-refractivity contribution is 7.13. The number of hydrogen-bond donors (Lipinski definition) is 4. The predicted molar refractivity (Wildman–Crippen MR) is 263 cm³/mol. The van der Waals surface area contributed by atoms with Crippen LogP contribution in [-0.4, -0.2) is 140 Å². The number of nitrogens with one attached hydrogen (secondary N) is 3. The molecule has 0 aliphatic carbocycles. The van der Waals surface area contributed by atoms with E-state index in [2.05, 4.69) is 56.2 Å². The second kappa shape index (κ2) is 24.0. The van der Waals surface area contributed by atoms with Crippen molar-refractivity contribution >= 4 is 63.7 Å². The van der Waals surface area contributed by atoms with Gasteiger partial charge in [0.05, 0.1) is 50.0 Å². The highest BCUT2D eigenvalue weighted by Gasteiger charge is 2.41. The molecule has 5 amide bonds. The van der Waals surface area contributed by atoms with Crippen molar-refractivity contribution in [1.82, 2.24) is 25.0 Å². The highest BCUT2D eigenvalue weighted by atomic mass is 32.1. The quantitative estimate of drug-likeness (QED) is 0.0356. The first-order chi connectivity index (χ1) is 33.9. The van der Waals surface area contributed by atoms with Crippen LogP contribution in [0.2, 0.25) is 0 Å². The van der Waals surface area contributed by atoms with Crippen LogP contribution in [0.15, 0.2) is 90.4 Å². The molecule has 0 saturated carbocycles. The number of ether oxygens (including phenoxy) is 2. The van der Waals surface area contributed by atoms with Crippen LogP contribution in [0, 0.1) is 12.7 Å². The largest absolute Gasteiger partial charge is 0.508 e. The lowest BCUT2D eigenvalue weighted by Crippen LogP contribution is -2.49. The summed E-state index contributed by atoms with van der Waals surface area (Å²) >= 11 is 1.26. The Bertz CT molecular complexity index is 2660. The van der Waals surface area contributed by atoms with Gasteiger partial charge in [0.15, 0.2) is 5.13 Å². The van der Waals surface area contributed by atoms with E-state index < -0.39 is 35.6 Å². The van der Waals surface area contributed by atoms with Gasteiger partial charge in [0.1, 0.15) is 23.9 Å². The van der Waals surface area contributed by atoms with Gasteiger partial charge in [-0.15, -0.1) is 11.3 Å². The summed E-state index contributed by atoms with van der Waals surface area (Å²) in [5, 5.41) is 21.2. The normalized spacial score (nSPS) is 14.4. The average Bonchev–Trinajstić information content (AvgIpc) is 3.97. The molecule has 70 heavy (non-hydrogen) atoms. The minimum atomic E-state index is -1.06. The Labute approximate surface area is 409 Å². The number of aldehydes is 1. The average molecular weight is 977 g/mol. The summed E-state index contributed by atoms with van der Waals surface area (Å²) in [6.07, 6.45) is 2.37. The van der Waals surface area contributed by atoms with Crippen LogP contribution in [0.3, 0.4) is 0 Å². The number of carbonyl (C=O) groups excluding carboxylic acids is 6. The summed E-state index contributed by atoms with van der Waals surface area (Å²) < 4.78 is 25.7. The maximum absolute atomic E-state index is 14.4. The number of carbonyl (C=O) groups is 6. The lowest BCUT2D eigenvalue weighted by Gasteiger charge is -2.36. The number of fused-ring (bicyclic) bond motifs is 1. The van der Waals surface area contributed by atoms with Crippen LogP contribution in [0.5, 0.6) is 5.75 Å². The van der Waals surface area contributed by atoms with Crippen molar-refractivity contribution in [3.63, 3.8) is 0 Å². The van der Waals surface area contributed by atoms with Gasteiger partial charge < -0.3 is 45.1 Å². The minimum absolute atomic E-state index is 0.00584. The number of piperazine rings is 1. The molecule has 0 bridgehead atoms. The Morgan fingerprint density at radius 1 is 0.914 bits per heavy atom. The fraction of sp³-hybridized carbons (Fsp3) is 0.353. The number of likely N-dealkylation sites (N-methyl/N-ethyl adjacent to an activating group) is 1. The van der Waals surface area contributed by atoms with Crippen LogP contribution in [0.4, 0.5) is 20.9 Å². The summed E-state index contributed by atoms with van der Waals surface area (Å²) in [6, 6.07) is 20.9. The number of phenolic OH excluding ortho intramolecular Hbond substituents is 1. The van der Waals surface area contributed by atoms with Gasteiger partial charge >= 0.3 is 0 Å². The van der Waals surface area contributed by atoms with Crippen molar-refractivity contribution in [2.75, 3.05) is 88.8 Å². The monoisotopic (exact) mass is 976 g/mol. The molecule has 7 rings (SSSR count). The molecule has 19 heteroatoms. The Morgan fingerprint density at radius 2 is 1.66 bits per heavy atom. The summed E-state index contributed by atoms with van der Waals surface area (Å²) in [4.78, 5) is 87.3. The lowest BCUT2D eigenvalue weighted by molar-refractivity contribution is -0.132. The highest BCUT2D eigenvalue weighted by Crippen LogP contribution is 2.34. The molecule has 2 unspecified atom stereocenters.